The lowest BCUT2D eigenvalue weighted by atomic mass is 10.4. The molecule has 1 rings (SSSR count). The number of halogens is 3. The molecular weight excluding hydrogens is 444 g/mol. The molecule has 7 nitrogen and oxygen atoms in total. The van der Waals surface area contributed by atoms with E-state index < -0.39 is 55.1 Å². The summed E-state index contributed by atoms with van der Waals surface area (Å²) >= 11 is 3.10. The Morgan fingerprint density at radius 2 is 1.22 bits per heavy atom. The van der Waals surface area contributed by atoms with Crippen LogP contribution in [0.2, 0.25) is 0 Å². The zero-order chi connectivity index (χ0) is 17.9. The molecule has 13 heteroatoms. The molecule has 0 bridgehead atoms. The lowest BCUT2D eigenvalue weighted by molar-refractivity contribution is 0.438. The van der Waals surface area contributed by atoms with Crippen LogP contribution in [0.1, 0.15) is 0 Å². The second-order valence-electron chi connectivity index (χ2n) is 4.34. The summed E-state index contributed by atoms with van der Waals surface area (Å²) in [6, 6.07) is 5.15. The molecule has 0 fully saturated rings. The molecule has 0 unspecified atom stereocenters. The van der Waals surface area contributed by atoms with Crippen LogP contribution in [0.25, 0.3) is 0 Å². The molecule has 1 aromatic rings. The van der Waals surface area contributed by atoms with Gasteiger partial charge in [-0.1, -0.05) is 15.9 Å². The summed E-state index contributed by atoms with van der Waals surface area (Å²) in [5.41, 5.74) is 0. The monoisotopic (exact) mass is 455 g/mol. The van der Waals surface area contributed by atoms with Crippen LogP contribution in [0.15, 0.2) is 33.6 Å². The largest absolute Gasteiger partial charge is 0.303 e. The van der Waals surface area contributed by atoms with Crippen LogP contribution < -0.4 is 0 Å². The first-order valence-corrected chi connectivity index (χ1v) is 11.3. The molecule has 0 aliphatic carbocycles. The second kappa shape index (κ2) is 7.51. The third kappa shape index (κ3) is 7.20. The topological polar surface area (TPSA) is 106 Å². The van der Waals surface area contributed by atoms with E-state index in [0.717, 1.165) is 0 Å². The lowest BCUT2D eigenvalue weighted by Crippen LogP contribution is -2.37. The molecule has 0 aliphatic rings. The van der Waals surface area contributed by atoms with Crippen molar-refractivity contribution in [2.45, 2.75) is 4.90 Å². The Morgan fingerprint density at radius 3 is 1.57 bits per heavy atom. The fraction of sp³-hybridized carbons (Fsp3) is 0.400. The number of nitrogens with zero attached hydrogens (tertiary/aromatic N) is 1. The van der Waals surface area contributed by atoms with E-state index in [1.54, 1.807) is 0 Å². The van der Waals surface area contributed by atoms with Crippen LogP contribution in [0.5, 0.6) is 0 Å². The van der Waals surface area contributed by atoms with Crippen molar-refractivity contribution in [2.24, 2.45) is 0 Å². The standard InChI is InChI=1S/C10H12BrF2NO6S3/c11-9-1-3-10(4-2-9)23(19,20)14(5-7-21(12,15)16)6-8-22(13,17)18/h1-4H,5-8H2. The van der Waals surface area contributed by atoms with E-state index in [1.807, 2.05) is 0 Å². The van der Waals surface area contributed by atoms with Crippen molar-refractivity contribution in [3.8, 4) is 0 Å². The van der Waals surface area contributed by atoms with Gasteiger partial charge in [0.2, 0.25) is 10.0 Å². The van der Waals surface area contributed by atoms with Crippen molar-refractivity contribution in [1.82, 2.24) is 4.31 Å². The van der Waals surface area contributed by atoms with E-state index in [0.29, 0.717) is 8.78 Å². The molecular formula is C10H12BrF2NO6S3. The highest BCUT2D eigenvalue weighted by Gasteiger charge is 2.27. The van der Waals surface area contributed by atoms with E-state index in [1.165, 1.54) is 24.3 Å². The zero-order valence-corrected chi connectivity index (χ0v) is 15.4. The van der Waals surface area contributed by atoms with Gasteiger partial charge < -0.3 is 0 Å². The Bertz CT molecular complexity index is 816. The van der Waals surface area contributed by atoms with E-state index in [9.17, 15) is 33.0 Å². The quantitative estimate of drug-likeness (QED) is 0.542. The Kier molecular flexibility index (Phi) is 6.66. The van der Waals surface area contributed by atoms with Crippen molar-refractivity contribution in [2.75, 3.05) is 24.6 Å². The van der Waals surface area contributed by atoms with Crippen molar-refractivity contribution in [3.05, 3.63) is 28.7 Å². The van der Waals surface area contributed by atoms with Gasteiger partial charge in [0.05, 0.1) is 16.4 Å². The van der Waals surface area contributed by atoms with E-state index in [4.69, 9.17) is 0 Å². The van der Waals surface area contributed by atoms with Gasteiger partial charge in [-0.2, -0.15) is 21.1 Å². The summed E-state index contributed by atoms with van der Waals surface area (Å²) < 4.78 is 93.2. The minimum atomic E-state index is -4.98. The summed E-state index contributed by atoms with van der Waals surface area (Å²) in [6.45, 7) is -1.68. The lowest BCUT2D eigenvalue weighted by Gasteiger charge is -2.20. The van der Waals surface area contributed by atoms with Crippen LogP contribution in [-0.2, 0) is 30.5 Å². The van der Waals surface area contributed by atoms with Crippen molar-refractivity contribution < 1.29 is 33.0 Å². The van der Waals surface area contributed by atoms with Gasteiger partial charge in [0.15, 0.2) is 0 Å². The van der Waals surface area contributed by atoms with Gasteiger partial charge in [-0.05, 0) is 24.3 Å². The molecule has 132 valence electrons. The summed E-state index contributed by atoms with van der Waals surface area (Å²) in [4.78, 5) is -0.270. The summed E-state index contributed by atoms with van der Waals surface area (Å²) in [7, 11) is -14.3. The molecule has 0 saturated carbocycles. The molecule has 0 amide bonds. The van der Waals surface area contributed by atoms with E-state index >= 15 is 0 Å². The molecule has 0 N–H and O–H groups in total. The van der Waals surface area contributed by atoms with Crippen molar-refractivity contribution in [3.63, 3.8) is 0 Å². The van der Waals surface area contributed by atoms with Gasteiger partial charge in [0.25, 0.3) is 0 Å². The third-order valence-electron chi connectivity index (χ3n) is 2.62. The summed E-state index contributed by atoms with van der Waals surface area (Å²) in [6.07, 6.45) is 0. The Labute approximate surface area is 141 Å². The zero-order valence-electron chi connectivity index (χ0n) is 11.4. The number of benzene rings is 1. The first kappa shape index (κ1) is 20.4. The molecule has 0 atom stereocenters. The van der Waals surface area contributed by atoms with Crippen molar-refractivity contribution >= 4 is 46.4 Å². The highest BCUT2D eigenvalue weighted by atomic mass is 79.9. The number of sulfonamides is 1. The SMILES string of the molecule is O=S(=O)(F)CCN(CCS(=O)(=O)F)S(=O)(=O)c1ccc(Br)cc1. The molecule has 0 radical (unpaired) electrons. The average molecular weight is 456 g/mol. The first-order valence-electron chi connectivity index (χ1n) is 5.92. The van der Waals surface area contributed by atoms with Gasteiger partial charge >= 0.3 is 20.4 Å². The van der Waals surface area contributed by atoms with Crippen LogP contribution >= 0.6 is 15.9 Å². The van der Waals surface area contributed by atoms with Crippen LogP contribution in [0.3, 0.4) is 0 Å². The van der Waals surface area contributed by atoms with Crippen LogP contribution in [-0.4, -0.2) is 54.2 Å². The first-order chi connectivity index (χ1) is 10.3. The maximum atomic E-state index is 12.6. The smallest absolute Gasteiger partial charge is 0.207 e. The fourth-order valence-corrected chi connectivity index (χ4v) is 4.34. The Morgan fingerprint density at radius 1 is 0.826 bits per heavy atom. The molecule has 0 spiro atoms. The van der Waals surface area contributed by atoms with E-state index in [-0.39, 0.29) is 4.90 Å². The van der Waals surface area contributed by atoms with Crippen molar-refractivity contribution in [1.29, 1.82) is 0 Å². The second-order valence-corrected chi connectivity index (χ2v) is 10.2. The number of hydrogen-bond acceptors (Lipinski definition) is 6. The molecule has 0 saturated heterocycles. The summed E-state index contributed by atoms with van der Waals surface area (Å²) in [5.74, 6) is -2.34. The number of rotatable bonds is 8. The molecule has 0 heterocycles. The van der Waals surface area contributed by atoms with Gasteiger partial charge in [0.1, 0.15) is 0 Å². The third-order valence-corrected chi connectivity index (χ3v) is 6.40. The van der Waals surface area contributed by atoms with Gasteiger partial charge in [0, 0.05) is 17.6 Å². The highest BCUT2D eigenvalue weighted by Crippen LogP contribution is 2.19. The maximum Gasteiger partial charge on any atom is 0.303 e. The van der Waals surface area contributed by atoms with E-state index in [2.05, 4.69) is 15.9 Å². The highest BCUT2D eigenvalue weighted by molar-refractivity contribution is 9.10. The molecule has 0 aromatic heterocycles. The maximum absolute atomic E-state index is 12.6. The summed E-state index contributed by atoms with van der Waals surface area (Å²) in [5, 5.41) is 0. The minimum absolute atomic E-state index is 0.270. The fourth-order valence-electron chi connectivity index (χ4n) is 1.53. The Balaban J connectivity index is 3.12. The van der Waals surface area contributed by atoms with Crippen LogP contribution in [0.4, 0.5) is 7.77 Å². The van der Waals surface area contributed by atoms with Gasteiger partial charge in [-0.3, -0.25) is 0 Å². The molecule has 23 heavy (non-hydrogen) atoms. The number of hydrogen-bond donors (Lipinski definition) is 0. The molecule has 0 aliphatic heterocycles. The predicted molar refractivity (Wildman–Crippen MR) is 82.7 cm³/mol. The van der Waals surface area contributed by atoms with Crippen LogP contribution in [0, 0.1) is 0 Å². The molecule has 1 aromatic carbocycles. The minimum Gasteiger partial charge on any atom is -0.207 e. The average Bonchev–Trinajstić information content (AvgIpc) is 2.36. The normalized spacial score (nSPS) is 13.4. The van der Waals surface area contributed by atoms with Gasteiger partial charge in [-0.25, -0.2) is 8.42 Å². The Hall–Kier alpha value is -0.630. The van der Waals surface area contributed by atoms with Gasteiger partial charge in [-0.15, -0.1) is 7.77 Å². The predicted octanol–water partition coefficient (Wildman–Crippen LogP) is 1.04.